The molecule has 1 aliphatic rings. The Morgan fingerprint density at radius 3 is 3.00 bits per heavy atom. The van der Waals surface area contributed by atoms with Crippen LogP contribution in [-0.2, 0) is 11.3 Å². The first-order valence-electron chi connectivity index (χ1n) is 5.12. The molecule has 1 aromatic rings. The van der Waals surface area contributed by atoms with E-state index in [1.165, 1.54) is 16.7 Å². The predicted molar refractivity (Wildman–Crippen MR) is 58.3 cm³/mol. The van der Waals surface area contributed by atoms with Crippen LogP contribution in [-0.4, -0.2) is 33.4 Å². The van der Waals surface area contributed by atoms with E-state index in [2.05, 4.69) is 4.98 Å². The van der Waals surface area contributed by atoms with E-state index in [9.17, 15) is 9.59 Å². The van der Waals surface area contributed by atoms with Crippen molar-refractivity contribution >= 4 is 23.2 Å². The SMILES string of the molecule is O=C(O)c1csc(CN2CCCCC2=O)n1. The standard InChI is InChI=1S/C10H12N2O3S/c13-9-3-1-2-4-12(9)5-8-11-7(6-16-8)10(14)15/h6H,1-5H2,(H,14,15). The summed E-state index contributed by atoms with van der Waals surface area (Å²) in [5.41, 5.74) is 0.0597. The minimum atomic E-state index is -1.02. The highest BCUT2D eigenvalue weighted by molar-refractivity contribution is 7.09. The number of likely N-dealkylation sites (tertiary alicyclic amines) is 1. The minimum absolute atomic E-state index is 0.0597. The van der Waals surface area contributed by atoms with Crippen LogP contribution in [0.15, 0.2) is 5.38 Å². The molecule has 0 aromatic carbocycles. The van der Waals surface area contributed by atoms with Crippen molar-refractivity contribution in [2.24, 2.45) is 0 Å². The highest BCUT2D eigenvalue weighted by atomic mass is 32.1. The molecule has 0 saturated carbocycles. The quantitative estimate of drug-likeness (QED) is 0.865. The van der Waals surface area contributed by atoms with Crippen molar-refractivity contribution in [1.82, 2.24) is 9.88 Å². The van der Waals surface area contributed by atoms with Crippen LogP contribution in [0.25, 0.3) is 0 Å². The average Bonchev–Trinajstić information content (AvgIpc) is 2.70. The summed E-state index contributed by atoms with van der Waals surface area (Å²) in [6, 6.07) is 0. The Morgan fingerprint density at radius 2 is 2.38 bits per heavy atom. The van der Waals surface area contributed by atoms with E-state index in [0.717, 1.165) is 19.4 Å². The van der Waals surface area contributed by atoms with Gasteiger partial charge in [-0.3, -0.25) is 4.79 Å². The molecule has 1 N–H and O–H groups in total. The number of carbonyl (C=O) groups excluding carboxylic acids is 1. The number of rotatable bonds is 3. The second-order valence-electron chi connectivity index (χ2n) is 3.70. The first-order valence-corrected chi connectivity index (χ1v) is 6.00. The van der Waals surface area contributed by atoms with Crippen LogP contribution in [0.5, 0.6) is 0 Å². The van der Waals surface area contributed by atoms with E-state index >= 15 is 0 Å². The lowest BCUT2D eigenvalue weighted by Crippen LogP contribution is -2.34. The fourth-order valence-corrected chi connectivity index (χ4v) is 2.46. The molecule has 5 nitrogen and oxygen atoms in total. The third-order valence-electron chi connectivity index (χ3n) is 2.52. The Bertz CT molecular complexity index is 416. The molecule has 0 atom stereocenters. The number of aromatic nitrogens is 1. The molecule has 1 aromatic heterocycles. The van der Waals surface area contributed by atoms with Gasteiger partial charge in [-0.1, -0.05) is 0 Å². The summed E-state index contributed by atoms with van der Waals surface area (Å²) in [6.45, 7) is 1.19. The van der Waals surface area contributed by atoms with Gasteiger partial charge in [0.2, 0.25) is 5.91 Å². The number of aromatic carboxylic acids is 1. The number of nitrogens with zero attached hydrogens (tertiary/aromatic N) is 2. The maximum Gasteiger partial charge on any atom is 0.355 e. The third kappa shape index (κ3) is 2.38. The molecule has 2 rings (SSSR count). The zero-order valence-corrected chi connectivity index (χ0v) is 9.50. The molecule has 1 aliphatic heterocycles. The van der Waals surface area contributed by atoms with Crippen molar-refractivity contribution in [2.45, 2.75) is 25.8 Å². The zero-order valence-electron chi connectivity index (χ0n) is 8.68. The summed E-state index contributed by atoms with van der Waals surface area (Å²) >= 11 is 1.29. The van der Waals surface area contributed by atoms with Crippen LogP contribution in [0.1, 0.15) is 34.8 Å². The number of carbonyl (C=O) groups is 2. The normalized spacial score (nSPS) is 16.5. The van der Waals surface area contributed by atoms with Gasteiger partial charge in [-0.25, -0.2) is 9.78 Å². The number of piperidine rings is 1. The molecule has 2 heterocycles. The van der Waals surface area contributed by atoms with Crippen LogP contribution in [0, 0.1) is 0 Å². The van der Waals surface area contributed by atoms with Gasteiger partial charge in [0, 0.05) is 18.3 Å². The molecular formula is C10H12N2O3S. The maximum atomic E-state index is 11.5. The van der Waals surface area contributed by atoms with Crippen molar-refractivity contribution in [3.8, 4) is 0 Å². The smallest absolute Gasteiger partial charge is 0.355 e. The molecule has 0 spiro atoms. The van der Waals surface area contributed by atoms with Gasteiger partial charge in [0.25, 0.3) is 0 Å². The van der Waals surface area contributed by atoms with Crippen LogP contribution in [0.3, 0.4) is 0 Å². The molecule has 1 saturated heterocycles. The van der Waals surface area contributed by atoms with Gasteiger partial charge in [-0.15, -0.1) is 11.3 Å². The van der Waals surface area contributed by atoms with Gasteiger partial charge in [0.1, 0.15) is 5.01 Å². The Morgan fingerprint density at radius 1 is 1.56 bits per heavy atom. The minimum Gasteiger partial charge on any atom is -0.476 e. The number of amides is 1. The summed E-state index contributed by atoms with van der Waals surface area (Å²) in [4.78, 5) is 27.9. The number of carboxylic acids is 1. The Hall–Kier alpha value is -1.43. The van der Waals surface area contributed by atoms with Crippen molar-refractivity contribution < 1.29 is 14.7 Å². The average molecular weight is 240 g/mol. The highest BCUT2D eigenvalue weighted by Crippen LogP contribution is 2.17. The Balaban J connectivity index is 2.02. The van der Waals surface area contributed by atoms with Gasteiger partial charge >= 0.3 is 5.97 Å². The van der Waals surface area contributed by atoms with Crippen molar-refractivity contribution in [2.75, 3.05) is 6.54 Å². The first kappa shape index (κ1) is 11.1. The van der Waals surface area contributed by atoms with E-state index < -0.39 is 5.97 Å². The number of thiazole rings is 1. The summed E-state index contributed by atoms with van der Waals surface area (Å²) in [6.07, 6.45) is 2.56. The van der Waals surface area contributed by atoms with Crippen molar-refractivity contribution in [1.29, 1.82) is 0 Å². The fraction of sp³-hybridized carbons (Fsp3) is 0.500. The molecule has 1 amide bonds. The number of hydrogen-bond acceptors (Lipinski definition) is 4. The van der Waals surface area contributed by atoms with E-state index in [-0.39, 0.29) is 11.6 Å². The lowest BCUT2D eigenvalue weighted by atomic mass is 10.1. The largest absolute Gasteiger partial charge is 0.476 e. The number of hydrogen-bond donors (Lipinski definition) is 1. The lowest BCUT2D eigenvalue weighted by Gasteiger charge is -2.25. The van der Waals surface area contributed by atoms with Crippen LogP contribution >= 0.6 is 11.3 Å². The van der Waals surface area contributed by atoms with Crippen molar-refractivity contribution in [3.05, 3.63) is 16.1 Å². The lowest BCUT2D eigenvalue weighted by molar-refractivity contribution is -0.133. The third-order valence-corrected chi connectivity index (χ3v) is 3.35. The van der Waals surface area contributed by atoms with Crippen LogP contribution < -0.4 is 0 Å². The van der Waals surface area contributed by atoms with Gasteiger partial charge in [0.15, 0.2) is 5.69 Å². The molecule has 0 unspecified atom stereocenters. The molecule has 6 heteroatoms. The van der Waals surface area contributed by atoms with Crippen LogP contribution in [0.4, 0.5) is 0 Å². The summed E-state index contributed by atoms with van der Waals surface area (Å²) in [5, 5.41) is 10.9. The van der Waals surface area contributed by atoms with Gasteiger partial charge < -0.3 is 10.0 Å². The molecule has 16 heavy (non-hydrogen) atoms. The molecule has 0 bridgehead atoms. The molecular weight excluding hydrogens is 228 g/mol. The Labute approximate surface area is 96.7 Å². The maximum absolute atomic E-state index is 11.5. The first-order chi connectivity index (χ1) is 7.66. The topological polar surface area (TPSA) is 70.5 Å². The van der Waals surface area contributed by atoms with Crippen LogP contribution in [0.2, 0.25) is 0 Å². The highest BCUT2D eigenvalue weighted by Gasteiger charge is 2.19. The van der Waals surface area contributed by atoms with E-state index in [4.69, 9.17) is 5.11 Å². The molecule has 86 valence electrons. The molecule has 1 fully saturated rings. The van der Waals surface area contributed by atoms with Gasteiger partial charge in [-0.2, -0.15) is 0 Å². The summed E-state index contributed by atoms with van der Waals surface area (Å²) in [5.74, 6) is -0.884. The predicted octanol–water partition coefficient (Wildman–Crippen LogP) is 1.35. The molecule has 0 aliphatic carbocycles. The van der Waals surface area contributed by atoms with Crippen molar-refractivity contribution in [3.63, 3.8) is 0 Å². The monoisotopic (exact) mass is 240 g/mol. The summed E-state index contributed by atoms with van der Waals surface area (Å²) in [7, 11) is 0. The fourth-order valence-electron chi connectivity index (χ4n) is 1.67. The van der Waals surface area contributed by atoms with Gasteiger partial charge in [0.05, 0.1) is 6.54 Å². The van der Waals surface area contributed by atoms with E-state index in [0.29, 0.717) is 18.0 Å². The second kappa shape index (κ2) is 4.61. The number of carboxylic acid groups (broad SMARTS) is 1. The van der Waals surface area contributed by atoms with E-state index in [1.54, 1.807) is 4.90 Å². The Kier molecular flexibility index (Phi) is 3.19. The second-order valence-corrected chi connectivity index (χ2v) is 4.65. The zero-order chi connectivity index (χ0) is 11.5. The van der Waals surface area contributed by atoms with Gasteiger partial charge in [-0.05, 0) is 12.8 Å². The summed E-state index contributed by atoms with van der Waals surface area (Å²) < 4.78 is 0. The van der Waals surface area contributed by atoms with E-state index in [1.807, 2.05) is 0 Å². The molecule has 0 radical (unpaired) electrons.